The van der Waals surface area contributed by atoms with Gasteiger partial charge in [0.05, 0.1) is 9.13 Å². The number of furan rings is 1. The van der Waals surface area contributed by atoms with Crippen molar-refractivity contribution in [3.05, 3.63) is 86.7 Å². The molecule has 4 aromatic rings. The van der Waals surface area contributed by atoms with Crippen LogP contribution in [0.5, 0.6) is 17.2 Å². The third kappa shape index (κ3) is 4.39. The second-order valence-electron chi connectivity index (χ2n) is 7.24. The highest BCUT2D eigenvalue weighted by Crippen LogP contribution is 2.38. The van der Waals surface area contributed by atoms with Crippen molar-refractivity contribution in [2.75, 3.05) is 0 Å². The Labute approximate surface area is 193 Å². The van der Waals surface area contributed by atoms with Crippen molar-refractivity contribution in [2.24, 2.45) is 0 Å². The molecule has 4 rings (SSSR count). The quantitative estimate of drug-likeness (QED) is 0.220. The smallest absolute Gasteiger partial charge is 0.197 e. The second-order valence-corrected chi connectivity index (χ2v) is 8.40. The van der Waals surface area contributed by atoms with Gasteiger partial charge in [-0.1, -0.05) is 37.3 Å². The van der Waals surface area contributed by atoms with Gasteiger partial charge in [-0.05, 0) is 58.8 Å². The number of carbonyl (C=O) groups excluding carboxylic acids is 1. The van der Waals surface area contributed by atoms with Gasteiger partial charge in [0.25, 0.3) is 0 Å². The van der Waals surface area contributed by atoms with Crippen LogP contribution in [0.2, 0.25) is 0 Å². The minimum absolute atomic E-state index is 0.0541. The lowest BCUT2D eigenvalue weighted by Gasteiger charge is -2.08. The number of phenols is 2. The molecule has 0 radical (unpaired) electrons. The fourth-order valence-corrected chi connectivity index (χ4v) is 3.97. The van der Waals surface area contributed by atoms with Crippen molar-refractivity contribution >= 4 is 39.3 Å². The Morgan fingerprint density at radius 2 is 1.81 bits per heavy atom. The molecule has 0 aliphatic rings. The third-order valence-electron chi connectivity index (χ3n) is 4.99. The summed E-state index contributed by atoms with van der Waals surface area (Å²) in [5.74, 6) is 0.733. The lowest BCUT2D eigenvalue weighted by Crippen LogP contribution is -2.04. The van der Waals surface area contributed by atoms with Gasteiger partial charge in [0.2, 0.25) is 0 Å². The number of ether oxygens (including phenoxy) is 1. The maximum Gasteiger partial charge on any atom is 0.197 e. The number of fused-ring (bicyclic) bond motifs is 1. The molecule has 3 aromatic carbocycles. The van der Waals surface area contributed by atoms with Crippen molar-refractivity contribution in [3.63, 3.8) is 0 Å². The van der Waals surface area contributed by atoms with Gasteiger partial charge in [0.15, 0.2) is 17.3 Å². The zero-order valence-electron chi connectivity index (χ0n) is 16.9. The van der Waals surface area contributed by atoms with Crippen LogP contribution >= 0.6 is 22.6 Å². The molecular formula is C25H21IO5. The molecule has 0 aliphatic heterocycles. The van der Waals surface area contributed by atoms with E-state index in [0.29, 0.717) is 50.2 Å². The van der Waals surface area contributed by atoms with Crippen LogP contribution in [-0.2, 0) is 13.0 Å². The fourth-order valence-electron chi connectivity index (χ4n) is 3.46. The summed E-state index contributed by atoms with van der Waals surface area (Å²) >= 11 is 1.99. The Morgan fingerprint density at radius 1 is 1.03 bits per heavy atom. The highest BCUT2D eigenvalue weighted by Gasteiger charge is 2.24. The van der Waals surface area contributed by atoms with Crippen LogP contribution in [0.25, 0.3) is 11.0 Å². The molecule has 5 nitrogen and oxygen atoms in total. The summed E-state index contributed by atoms with van der Waals surface area (Å²) in [6.45, 7) is 2.32. The summed E-state index contributed by atoms with van der Waals surface area (Å²) in [7, 11) is 0. The van der Waals surface area contributed by atoms with Crippen molar-refractivity contribution in [3.8, 4) is 17.2 Å². The number of benzene rings is 3. The zero-order valence-corrected chi connectivity index (χ0v) is 19.0. The van der Waals surface area contributed by atoms with Gasteiger partial charge in [-0.15, -0.1) is 0 Å². The standard InChI is InChI=1S/C25H21IO5/c1-2-6-21-24(25(29)16-9-10-19(27)18(26)11-16)17-12-20(28)23(13-22(17)31-21)30-14-15-7-4-3-5-8-15/h3-5,7-13,27-28H,2,6,14H2,1H3. The van der Waals surface area contributed by atoms with Crippen LogP contribution in [0.4, 0.5) is 0 Å². The van der Waals surface area contributed by atoms with Gasteiger partial charge in [-0.3, -0.25) is 4.79 Å². The SMILES string of the molecule is CCCc1oc2cc(OCc3ccccc3)c(O)cc2c1C(=O)c1ccc(O)c(I)c1. The normalized spacial score (nSPS) is 11.0. The van der Waals surface area contributed by atoms with Crippen LogP contribution in [0, 0.1) is 3.57 Å². The van der Waals surface area contributed by atoms with Gasteiger partial charge >= 0.3 is 0 Å². The van der Waals surface area contributed by atoms with Gasteiger partial charge < -0.3 is 19.4 Å². The molecule has 1 heterocycles. The van der Waals surface area contributed by atoms with E-state index in [0.717, 1.165) is 12.0 Å². The number of halogens is 1. The van der Waals surface area contributed by atoms with Crippen molar-refractivity contribution in [2.45, 2.75) is 26.4 Å². The first kappa shape index (κ1) is 21.2. The van der Waals surface area contributed by atoms with E-state index in [9.17, 15) is 15.0 Å². The van der Waals surface area contributed by atoms with E-state index in [1.54, 1.807) is 18.2 Å². The number of hydrogen-bond donors (Lipinski definition) is 2. The van der Waals surface area contributed by atoms with Gasteiger partial charge in [0, 0.05) is 23.4 Å². The summed E-state index contributed by atoms with van der Waals surface area (Å²) in [5, 5.41) is 20.9. The zero-order chi connectivity index (χ0) is 22.0. The van der Waals surface area contributed by atoms with Gasteiger partial charge in [-0.2, -0.15) is 0 Å². The van der Waals surface area contributed by atoms with E-state index in [1.807, 2.05) is 59.8 Å². The molecule has 0 spiro atoms. The average Bonchev–Trinajstić information content (AvgIpc) is 3.11. The summed E-state index contributed by atoms with van der Waals surface area (Å²) < 4.78 is 12.4. The second kappa shape index (κ2) is 9.01. The van der Waals surface area contributed by atoms with Crippen LogP contribution in [0.15, 0.2) is 65.1 Å². The predicted molar refractivity (Wildman–Crippen MR) is 127 cm³/mol. The van der Waals surface area contributed by atoms with Gasteiger partial charge in [0.1, 0.15) is 23.7 Å². The summed E-state index contributed by atoms with van der Waals surface area (Å²) in [6, 6.07) is 17.6. The number of aromatic hydroxyl groups is 2. The van der Waals surface area contributed by atoms with Crippen LogP contribution in [-0.4, -0.2) is 16.0 Å². The molecule has 2 N–H and O–H groups in total. The molecule has 0 saturated carbocycles. The number of aryl methyl sites for hydroxylation is 1. The molecule has 0 fully saturated rings. The van der Waals surface area contributed by atoms with E-state index in [1.165, 1.54) is 12.1 Å². The summed E-state index contributed by atoms with van der Waals surface area (Å²) in [5.41, 5.74) is 2.35. The summed E-state index contributed by atoms with van der Waals surface area (Å²) in [4.78, 5) is 13.3. The molecule has 0 amide bonds. The van der Waals surface area contributed by atoms with Crippen LogP contribution in [0.3, 0.4) is 0 Å². The molecule has 6 heteroatoms. The van der Waals surface area contributed by atoms with E-state index >= 15 is 0 Å². The summed E-state index contributed by atoms with van der Waals surface area (Å²) in [6.07, 6.45) is 1.39. The minimum atomic E-state index is -0.211. The first-order valence-electron chi connectivity index (χ1n) is 9.96. The monoisotopic (exact) mass is 528 g/mol. The molecule has 0 atom stereocenters. The van der Waals surface area contributed by atoms with Gasteiger partial charge in [-0.25, -0.2) is 0 Å². The Morgan fingerprint density at radius 3 is 2.52 bits per heavy atom. The van der Waals surface area contributed by atoms with Crippen molar-refractivity contribution < 1.29 is 24.2 Å². The molecule has 0 unspecified atom stereocenters. The number of ketones is 1. The van der Waals surface area contributed by atoms with Crippen LogP contribution in [0.1, 0.15) is 40.6 Å². The first-order chi connectivity index (χ1) is 15.0. The Balaban J connectivity index is 1.74. The Hall–Kier alpha value is -3.00. The lowest BCUT2D eigenvalue weighted by atomic mass is 9.98. The molecule has 31 heavy (non-hydrogen) atoms. The number of carbonyl (C=O) groups is 1. The number of phenolic OH excluding ortho intramolecular Hbond substituents is 2. The molecule has 0 bridgehead atoms. The maximum absolute atomic E-state index is 13.3. The van der Waals surface area contributed by atoms with E-state index < -0.39 is 0 Å². The minimum Gasteiger partial charge on any atom is -0.507 e. The fraction of sp³-hybridized carbons (Fsp3) is 0.160. The molecule has 158 valence electrons. The van der Waals surface area contributed by atoms with Crippen LogP contribution < -0.4 is 4.74 Å². The topological polar surface area (TPSA) is 79.9 Å². The van der Waals surface area contributed by atoms with Crippen molar-refractivity contribution in [1.82, 2.24) is 0 Å². The number of rotatable bonds is 7. The maximum atomic E-state index is 13.3. The Kier molecular flexibility index (Phi) is 6.18. The number of hydrogen-bond acceptors (Lipinski definition) is 5. The first-order valence-corrected chi connectivity index (χ1v) is 11.0. The molecular weight excluding hydrogens is 507 g/mol. The average molecular weight is 528 g/mol. The Bertz CT molecular complexity index is 1240. The molecule has 0 aliphatic carbocycles. The third-order valence-corrected chi connectivity index (χ3v) is 5.86. The highest BCUT2D eigenvalue weighted by molar-refractivity contribution is 14.1. The largest absolute Gasteiger partial charge is 0.507 e. The van der Waals surface area contributed by atoms with E-state index in [-0.39, 0.29) is 17.3 Å². The van der Waals surface area contributed by atoms with Crippen molar-refractivity contribution in [1.29, 1.82) is 0 Å². The lowest BCUT2D eigenvalue weighted by molar-refractivity contribution is 0.103. The highest BCUT2D eigenvalue weighted by atomic mass is 127. The van der Waals surface area contributed by atoms with E-state index in [4.69, 9.17) is 9.15 Å². The predicted octanol–water partition coefficient (Wildman–Crippen LogP) is 6.21. The molecule has 0 saturated heterocycles. The van der Waals surface area contributed by atoms with E-state index in [2.05, 4.69) is 0 Å². The molecule has 1 aromatic heterocycles.